The number of carbonyl (C=O) groups excluding carboxylic acids is 1. The number of halogens is 3. The van der Waals surface area contributed by atoms with Gasteiger partial charge in [-0.1, -0.05) is 29.8 Å². The Kier molecular flexibility index (Phi) is 9.97. The van der Waals surface area contributed by atoms with Gasteiger partial charge in [-0.15, -0.1) is 0 Å². The normalized spacial score (nSPS) is 31.1. The molecular weight excluding hydrogens is 698 g/mol. The number of nitrogens with one attached hydrogen (secondary N) is 1. The van der Waals surface area contributed by atoms with E-state index in [1.165, 1.54) is 17.2 Å². The van der Waals surface area contributed by atoms with E-state index < -0.39 is 27.4 Å². The molecule has 5 aliphatic rings. The number of sulfonamides is 1. The summed E-state index contributed by atoms with van der Waals surface area (Å²) in [5.74, 6) is -2.29. The quantitative estimate of drug-likeness (QED) is 0.402. The van der Waals surface area contributed by atoms with Gasteiger partial charge in [0.05, 0.1) is 42.0 Å². The molecule has 51 heavy (non-hydrogen) atoms. The highest BCUT2D eigenvalue weighted by Crippen LogP contribution is 2.47. The summed E-state index contributed by atoms with van der Waals surface area (Å²) in [6.07, 6.45) is 8.39. The lowest BCUT2D eigenvalue weighted by molar-refractivity contribution is -0.128. The molecule has 13 heteroatoms. The van der Waals surface area contributed by atoms with Crippen molar-refractivity contribution in [2.45, 2.75) is 80.2 Å². The maximum Gasteiger partial charge on any atom is 0.264 e. The first-order chi connectivity index (χ1) is 24.2. The number of alkyl halides is 2. The standard InChI is InChI=1S/C38H49ClF2N4O5S/c1-36(2)35(46)42-51(47,48)29-10-13-34-32(21-29)45(23-37(25-50-34)14-4-6-26-20-28(39)9-12-31(26)37)22-27-8-11-30(27)33(7-5-16-43(36)3)49-19-18-44-17-15-38(40,41)24-44/h5,7,9-10,12-13,20-21,27,30,33H,4,6,8,11,14-19,22-25H2,1-3H3,(H,42,46)/b7-5+/t27-,30+,33-,37-/m0/s1. The number of hydrogen-bond donors (Lipinski definition) is 1. The second-order valence-electron chi connectivity index (χ2n) is 15.8. The highest BCUT2D eigenvalue weighted by molar-refractivity contribution is 7.90. The maximum absolute atomic E-state index is 13.9. The minimum Gasteiger partial charge on any atom is -0.490 e. The van der Waals surface area contributed by atoms with E-state index in [0.717, 1.165) is 32.1 Å². The number of likely N-dealkylation sites (N-methyl/N-ethyl adjacent to an activating group) is 1. The van der Waals surface area contributed by atoms with Crippen LogP contribution in [0.5, 0.6) is 5.75 Å². The molecule has 2 aromatic rings. The fourth-order valence-electron chi connectivity index (χ4n) is 8.50. The molecule has 2 bridgehead atoms. The molecule has 0 aromatic heterocycles. The predicted octanol–water partition coefficient (Wildman–Crippen LogP) is 5.65. The lowest BCUT2D eigenvalue weighted by atomic mass is 9.68. The molecular formula is C38H49ClF2N4O5S. The molecule has 0 unspecified atom stereocenters. The highest BCUT2D eigenvalue weighted by atomic mass is 35.5. The minimum absolute atomic E-state index is 0.000668. The van der Waals surface area contributed by atoms with Gasteiger partial charge >= 0.3 is 0 Å². The van der Waals surface area contributed by atoms with Crippen LogP contribution >= 0.6 is 11.6 Å². The number of likely N-dealkylation sites (tertiary alicyclic amines) is 1. The number of aryl methyl sites for hydroxylation is 1. The van der Waals surface area contributed by atoms with Crippen LogP contribution in [0.4, 0.5) is 14.5 Å². The third kappa shape index (κ3) is 7.40. The van der Waals surface area contributed by atoms with Crippen molar-refractivity contribution in [3.05, 3.63) is 64.7 Å². The Morgan fingerprint density at radius 3 is 2.67 bits per heavy atom. The Morgan fingerprint density at radius 1 is 1.10 bits per heavy atom. The van der Waals surface area contributed by atoms with Gasteiger partial charge in [0.25, 0.3) is 21.9 Å². The molecule has 1 N–H and O–H groups in total. The number of rotatable bonds is 4. The summed E-state index contributed by atoms with van der Waals surface area (Å²) in [6.45, 7) is 6.36. The van der Waals surface area contributed by atoms with Gasteiger partial charge in [0.15, 0.2) is 0 Å². The van der Waals surface area contributed by atoms with Gasteiger partial charge in [-0.25, -0.2) is 21.9 Å². The average molecular weight is 747 g/mol. The van der Waals surface area contributed by atoms with Crippen molar-refractivity contribution in [3.8, 4) is 5.75 Å². The van der Waals surface area contributed by atoms with E-state index in [-0.39, 0.29) is 41.2 Å². The van der Waals surface area contributed by atoms with Crippen molar-refractivity contribution >= 4 is 33.2 Å². The largest absolute Gasteiger partial charge is 0.490 e. The molecule has 1 saturated heterocycles. The summed E-state index contributed by atoms with van der Waals surface area (Å²) in [7, 11) is -2.43. The number of amides is 1. The third-order valence-corrected chi connectivity index (χ3v) is 13.6. The first kappa shape index (κ1) is 36.6. The summed E-state index contributed by atoms with van der Waals surface area (Å²) < 4.78 is 70.8. The molecule has 3 heterocycles. The molecule has 2 fully saturated rings. The molecule has 7 rings (SSSR count). The fraction of sp³-hybridized carbons (Fsp3) is 0.605. The summed E-state index contributed by atoms with van der Waals surface area (Å²) in [5, 5.41) is 0.703. The van der Waals surface area contributed by atoms with Gasteiger partial charge in [0.1, 0.15) is 5.75 Å². The van der Waals surface area contributed by atoms with Crippen LogP contribution in [-0.2, 0) is 31.4 Å². The van der Waals surface area contributed by atoms with Crippen molar-refractivity contribution in [1.29, 1.82) is 0 Å². The van der Waals surface area contributed by atoms with E-state index in [2.05, 4.69) is 21.8 Å². The number of nitrogens with zero attached hydrogens (tertiary/aromatic N) is 3. The average Bonchev–Trinajstić information content (AvgIpc) is 3.33. The molecule has 3 aliphatic heterocycles. The predicted molar refractivity (Wildman–Crippen MR) is 193 cm³/mol. The van der Waals surface area contributed by atoms with Gasteiger partial charge in [0, 0.05) is 49.6 Å². The molecule has 278 valence electrons. The maximum atomic E-state index is 13.9. The fourth-order valence-corrected chi connectivity index (χ4v) is 9.82. The molecule has 0 radical (unpaired) electrons. The van der Waals surface area contributed by atoms with Crippen LogP contribution in [0.3, 0.4) is 0 Å². The number of ether oxygens (including phenoxy) is 2. The Labute approximate surface area is 305 Å². The summed E-state index contributed by atoms with van der Waals surface area (Å²) in [6, 6.07) is 11.0. The molecule has 2 aromatic carbocycles. The van der Waals surface area contributed by atoms with Crippen molar-refractivity contribution in [2.24, 2.45) is 11.8 Å². The Balaban J connectivity index is 1.24. The zero-order valence-corrected chi connectivity index (χ0v) is 31.2. The first-order valence-electron chi connectivity index (χ1n) is 18.1. The summed E-state index contributed by atoms with van der Waals surface area (Å²) >= 11 is 6.44. The molecule has 1 saturated carbocycles. The van der Waals surface area contributed by atoms with Gasteiger partial charge in [0.2, 0.25) is 0 Å². The highest BCUT2D eigenvalue weighted by Gasteiger charge is 2.45. The second-order valence-corrected chi connectivity index (χ2v) is 17.9. The van der Waals surface area contributed by atoms with Gasteiger partial charge in [-0.3, -0.25) is 14.6 Å². The van der Waals surface area contributed by atoms with Gasteiger partial charge in [-0.2, -0.15) is 0 Å². The van der Waals surface area contributed by atoms with Crippen LogP contribution in [0.15, 0.2) is 53.4 Å². The van der Waals surface area contributed by atoms with Crippen LogP contribution in [-0.4, -0.2) is 101 Å². The van der Waals surface area contributed by atoms with Gasteiger partial charge in [-0.05, 0) is 106 Å². The SMILES string of the molecule is CN1C/C=C/[C@H](OCCN2CCC(F)(F)C2)[C@@H]2CC[C@H]2CN2C[C@@]3(CCCc4cc(Cl)ccc43)COc3ccc(cc32)S(=O)(=O)NC(=O)C1(C)C. The van der Waals surface area contributed by atoms with Gasteiger partial charge < -0.3 is 14.4 Å². The Bertz CT molecular complexity index is 1790. The monoisotopic (exact) mass is 746 g/mol. The van der Waals surface area contributed by atoms with Crippen molar-refractivity contribution in [2.75, 3.05) is 64.4 Å². The van der Waals surface area contributed by atoms with Crippen molar-refractivity contribution < 1.29 is 31.5 Å². The number of benzene rings is 2. The lowest BCUT2D eigenvalue weighted by Gasteiger charge is -2.46. The zero-order valence-electron chi connectivity index (χ0n) is 29.7. The van der Waals surface area contributed by atoms with E-state index in [1.807, 2.05) is 18.2 Å². The van der Waals surface area contributed by atoms with Crippen LogP contribution in [0.2, 0.25) is 5.02 Å². The van der Waals surface area contributed by atoms with E-state index in [4.69, 9.17) is 21.1 Å². The minimum atomic E-state index is -4.21. The van der Waals surface area contributed by atoms with E-state index >= 15 is 0 Å². The number of anilines is 1. The smallest absolute Gasteiger partial charge is 0.264 e. The number of carbonyl (C=O) groups is 1. The van der Waals surface area contributed by atoms with E-state index in [9.17, 15) is 22.0 Å². The molecule has 9 nitrogen and oxygen atoms in total. The number of fused-ring (bicyclic) bond motifs is 4. The Morgan fingerprint density at radius 2 is 1.92 bits per heavy atom. The van der Waals surface area contributed by atoms with E-state index in [0.29, 0.717) is 62.4 Å². The van der Waals surface area contributed by atoms with Crippen molar-refractivity contribution in [1.82, 2.24) is 14.5 Å². The van der Waals surface area contributed by atoms with Crippen LogP contribution in [0.1, 0.15) is 57.1 Å². The number of hydrogen-bond acceptors (Lipinski definition) is 8. The Hall–Kier alpha value is -2.77. The summed E-state index contributed by atoms with van der Waals surface area (Å²) in [4.78, 5) is 19.4. The van der Waals surface area contributed by atoms with Crippen LogP contribution in [0, 0.1) is 11.8 Å². The van der Waals surface area contributed by atoms with Crippen molar-refractivity contribution in [3.63, 3.8) is 0 Å². The molecule has 4 atom stereocenters. The topological polar surface area (TPSA) is 91.4 Å². The lowest BCUT2D eigenvalue weighted by Crippen LogP contribution is -2.54. The van der Waals surface area contributed by atoms with E-state index in [1.54, 1.807) is 42.8 Å². The third-order valence-electron chi connectivity index (χ3n) is 12.1. The first-order valence-corrected chi connectivity index (χ1v) is 20.0. The summed E-state index contributed by atoms with van der Waals surface area (Å²) in [5.41, 5.74) is 1.61. The van der Waals surface area contributed by atoms with Crippen LogP contribution < -0.4 is 14.4 Å². The van der Waals surface area contributed by atoms with Crippen LogP contribution in [0.25, 0.3) is 0 Å². The second kappa shape index (κ2) is 13.9. The molecule has 1 spiro atoms. The molecule has 2 aliphatic carbocycles. The molecule has 1 amide bonds. The zero-order chi connectivity index (χ0) is 36.2.